The highest BCUT2D eigenvalue weighted by molar-refractivity contribution is 7.07. The van der Waals surface area contributed by atoms with Crippen LogP contribution in [0.15, 0.2) is 80.1 Å². The van der Waals surface area contributed by atoms with Crippen LogP contribution in [0.25, 0.3) is 17.4 Å². The standard InChI is InChI=1S/C32H28N2O8S/c1-4-6-22-27(31(37)39-5-2)28(20-11-13-24-25(15-20)41-17-40-24)34-29(35)26(43-32(34)33-22)16-21-12-14-23(42-21)18-7-9-19(10-8-18)30(36)38-3/h7-16,28H,4-6,17H2,1-3H3/b26-16-. The Labute approximate surface area is 250 Å². The third-order valence-electron chi connectivity index (χ3n) is 7.10. The van der Waals surface area contributed by atoms with Crippen molar-refractivity contribution in [2.45, 2.75) is 32.7 Å². The van der Waals surface area contributed by atoms with E-state index in [0.717, 1.165) is 12.0 Å². The summed E-state index contributed by atoms with van der Waals surface area (Å²) in [5.41, 5.74) is 2.48. The van der Waals surface area contributed by atoms with Gasteiger partial charge in [0.05, 0.1) is 41.1 Å². The number of aromatic nitrogens is 1. The van der Waals surface area contributed by atoms with Gasteiger partial charge in [-0.05, 0) is 55.3 Å². The van der Waals surface area contributed by atoms with E-state index in [0.29, 0.717) is 61.2 Å². The molecule has 2 aliphatic heterocycles. The molecule has 0 fully saturated rings. The normalized spacial score (nSPS) is 15.7. The van der Waals surface area contributed by atoms with Crippen molar-refractivity contribution < 1.29 is 33.0 Å². The Balaban J connectivity index is 1.45. The van der Waals surface area contributed by atoms with E-state index in [1.54, 1.807) is 61.5 Å². The summed E-state index contributed by atoms with van der Waals surface area (Å²) in [4.78, 5) is 44.4. The van der Waals surface area contributed by atoms with Crippen molar-refractivity contribution in [1.29, 1.82) is 0 Å². The lowest BCUT2D eigenvalue weighted by Crippen LogP contribution is -2.40. The molecule has 1 atom stereocenters. The summed E-state index contributed by atoms with van der Waals surface area (Å²) >= 11 is 1.22. The maximum atomic E-state index is 14.0. The van der Waals surface area contributed by atoms with Gasteiger partial charge in [0.1, 0.15) is 11.5 Å². The topological polar surface area (TPSA) is 119 Å². The molecule has 2 aromatic heterocycles. The fourth-order valence-electron chi connectivity index (χ4n) is 5.12. The molecular weight excluding hydrogens is 572 g/mol. The van der Waals surface area contributed by atoms with Gasteiger partial charge in [0, 0.05) is 11.6 Å². The predicted molar refractivity (Wildman–Crippen MR) is 158 cm³/mol. The van der Waals surface area contributed by atoms with Gasteiger partial charge in [0.25, 0.3) is 5.56 Å². The number of rotatable bonds is 8. The average molecular weight is 601 g/mol. The molecule has 2 aromatic carbocycles. The second-order valence-electron chi connectivity index (χ2n) is 9.80. The van der Waals surface area contributed by atoms with E-state index < -0.39 is 18.0 Å². The first kappa shape index (κ1) is 28.2. The van der Waals surface area contributed by atoms with E-state index in [1.165, 1.54) is 23.0 Å². The van der Waals surface area contributed by atoms with Crippen molar-refractivity contribution in [3.8, 4) is 22.8 Å². The zero-order valence-corrected chi connectivity index (χ0v) is 24.6. The summed E-state index contributed by atoms with van der Waals surface area (Å²) in [6.07, 6.45) is 2.96. The minimum Gasteiger partial charge on any atom is -0.465 e. The van der Waals surface area contributed by atoms with E-state index in [9.17, 15) is 14.4 Å². The van der Waals surface area contributed by atoms with E-state index >= 15 is 0 Å². The monoisotopic (exact) mass is 600 g/mol. The Morgan fingerprint density at radius 3 is 2.58 bits per heavy atom. The number of esters is 2. The Morgan fingerprint density at radius 1 is 1.05 bits per heavy atom. The number of thiazole rings is 1. The highest BCUT2D eigenvalue weighted by Crippen LogP contribution is 2.39. The quantitative estimate of drug-likeness (QED) is 0.274. The first-order valence-corrected chi connectivity index (χ1v) is 14.6. The summed E-state index contributed by atoms with van der Waals surface area (Å²) in [5, 5.41) is 0. The van der Waals surface area contributed by atoms with Gasteiger partial charge in [-0.3, -0.25) is 9.36 Å². The lowest BCUT2D eigenvalue weighted by atomic mass is 9.94. The fourth-order valence-corrected chi connectivity index (χ4v) is 6.12. The van der Waals surface area contributed by atoms with Gasteiger partial charge in [-0.25, -0.2) is 14.6 Å². The van der Waals surface area contributed by atoms with Crippen LogP contribution in [0.3, 0.4) is 0 Å². The van der Waals surface area contributed by atoms with Gasteiger partial charge in [0.2, 0.25) is 6.79 Å². The van der Waals surface area contributed by atoms with Gasteiger partial charge in [-0.2, -0.15) is 0 Å². The van der Waals surface area contributed by atoms with E-state index in [1.807, 2.05) is 13.0 Å². The summed E-state index contributed by atoms with van der Waals surface area (Å²) in [7, 11) is 1.33. The second-order valence-corrected chi connectivity index (χ2v) is 10.8. The second kappa shape index (κ2) is 11.8. The number of methoxy groups -OCH3 is 1. The molecule has 4 heterocycles. The van der Waals surface area contributed by atoms with Crippen LogP contribution in [-0.2, 0) is 14.3 Å². The van der Waals surface area contributed by atoms with Gasteiger partial charge in [-0.1, -0.05) is 42.9 Å². The smallest absolute Gasteiger partial charge is 0.338 e. The SMILES string of the molecule is CCCC1=C(C(=O)OCC)C(c2ccc3c(c2)OCO3)n2c(s/c(=C\c3ccc(-c4ccc(C(=O)OC)cc4)o3)c2=O)=N1. The Morgan fingerprint density at radius 2 is 1.84 bits per heavy atom. The first-order valence-electron chi connectivity index (χ1n) is 13.8. The molecule has 0 saturated heterocycles. The minimum absolute atomic E-state index is 0.101. The molecule has 0 N–H and O–H groups in total. The molecule has 10 nitrogen and oxygen atoms in total. The molecule has 43 heavy (non-hydrogen) atoms. The van der Waals surface area contributed by atoms with Crippen molar-refractivity contribution in [3.63, 3.8) is 0 Å². The summed E-state index contributed by atoms with van der Waals surface area (Å²) in [5.74, 6) is 1.24. The number of fused-ring (bicyclic) bond motifs is 2. The molecule has 11 heteroatoms. The Kier molecular flexibility index (Phi) is 7.73. The molecule has 1 unspecified atom stereocenters. The molecule has 220 valence electrons. The Hall–Kier alpha value is -4.90. The lowest BCUT2D eigenvalue weighted by Gasteiger charge is -2.25. The third kappa shape index (κ3) is 5.27. The van der Waals surface area contributed by atoms with Gasteiger partial charge < -0.3 is 23.4 Å². The van der Waals surface area contributed by atoms with Crippen LogP contribution in [0.2, 0.25) is 0 Å². The maximum absolute atomic E-state index is 14.0. The van der Waals surface area contributed by atoms with Crippen molar-refractivity contribution in [1.82, 2.24) is 4.57 Å². The number of ether oxygens (including phenoxy) is 4. The zero-order valence-electron chi connectivity index (χ0n) is 23.7. The zero-order chi connectivity index (χ0) is 30.1. The van der Waals surface area contributed by atoms with Crippen molar-refractivity contribution in [2.24, 2.45) is 4.99 Å². The van der Waals surface area contributed by atoms with Crippen LogP contribution in [0.5, 0.6) is 11.5 Å². The maximum Gasteiger partial charge on any atom is 0.338 e. The molecule has 4 aromatic rings. The minimum atomic E-state index is -0.769. The van der Waals surface area contributed by atoms with Crippen LogP contribution in [0.1, 0.15) is 54.4 Å². The van der Waals surface area contributed by atoms with Gasteiger partial charge in [0.15, 0.2) is 16.3 Å². The number of carbonyl (C=O) groups excluding carboxylic acids is 2. The van der Waals surface area contributed by atoms with Crippen LogP contribution in [0, 0.1) is 0 Å². The highest BCUT2D eigenvalue weighted by atomic mass is 32.1. The average Bonchev–Trinajstić information content (AvgIpc) is 3.76. The summed E-state index contributed by atoms with van der Waals surface area (Å²) in [6.45, 7) is 4.04. The molecule has 0 saturated carbocycles. The number of allylic oxidation sites excluding steroid dienone is 1. The van der Waals surface area contributed by atoms with E-state index in [2.05, 4.69) is 0 Å². The van der Waals surface area contributed by atoms with Gasteiger partial charge >= 0.3 is 11.9 Å². The fraction of sp³-hybridized carbons (Fsp3) is 0.250. The first-order chi connectivity index (χ1) is 20.9. The molecule has 0 spiro atoms. The molecule has 0 amide bonds. The number of carbonyl (C=O) groups is 2. The molecule has 0 radical (unpaired) electrons. The lowest BCUT2D eigenvalue weighted by molar-refractivity contribution is -0.139. The molecule has 0 aliphatic carbocycles. The van der Waals surface area contributed by atoms with Crippen LogP contribution in [-0.4, -0.2) is 37.0 Å². The number of furan rings is 1. The van der Waals surface area contributed by atoms with Crippen molar-refractivity contribution in [2.75, 3.05) is 20.5 Å². The Bertz CT molecular complexity index is 1930. The largest absolute Gasteiger partial charge is 0.465 e. The molecule has 6 rings (SSSR count). The predicted octanol–water partition coefficient (Wildman–Crippen LogP) is 4.35. The van der Waals surface area contributed by atoms with Crippen LogP contribution < -0.4 is 24.4 Å². The molecular formula is C32H28N2O8S. The summed E-state index contributed by atoms with van der Waals surface area (Å²) in [6, 6.07) is 15.0. The van der Waals surface area contributed by atoms with E-state index in [4.69, 9.17) is 28.4 Å². The number of nitrogens with zero attached hydrogens (tertiary/aromatic N) is 2. The number of hydrogen-bond donors (Lipinski definition) is 0. The number of hydrogen-bond acceptors (Lipinski definition) is 10. The number of benzene rings is 2. The summed E-state index contributed by atoms with van der Waals surface area (Å²) < 4.78 is 29.3. The molecule has 0 bridgehead atoms. The van der Waals surface area contributed by atoms with Crippen LogP contribution in [0.4, 0.5) is 0 Å². The van der Waals surface area contributed by atoms with Crippen molar-refractivity contribution in [3.05, 3.63) is 102 Å². The van der Waals surface area contributed by atoms with E-state index in [-0.39, 0.29) is 19.0 Å². The highest BCUT2D eigenvalue weighted by Gasteiger charge is 2.35. The third-order valence-corrected chi connectivity index (χ3v) is 8.08. The van der Waals surface area contributed by atoms with Gasteiger partial charge in [-0.15, -0.1) is 0 Å². The van der Waals surface area contributed by atoms with Crippen LogP contribution >= 0.6 is 11.3 Å². The molecule has 2 aliphatic rings. The van der Waals surface area contributed by atoms with Crippen molar-refractivity contribution >= 4 is 29.4 Å².